The number of aromatic nitrogens is 2. The summed E-state index contributed by atoms with van der Waals surface area (Å²) >= 11 is 0. The standard InChI is InChI=1S/C19H26N4O2/c1-15-4-3-7-23(15)14-18-20-19(21-25-18)17-6-2-5-16(12-17)13-22-8-10-24-11-9-22/h2,5-6,12,15H,3-4,7-11,13-14H2,1H3. The van der Waals surface area contributed by atoms with E-state index in [9.17, 15) is 0 Å². The molecule has 2 aromatic rings. The first kappa shape index (κ1) is 16.7. The van der Waals surface area contributed by atoms with Gasteiger partial charge in [-0.1, -0.05) is 23.4 Å². The van der Waals surface area contributed by atoms with E-state index in [4.69, 9.17) is 9.26 Å². The zero-order chi connectivity index (χ0) is 17.1. The first-order valence-corrected chi connectivity index (χ1v) is 9.24. The Kier molecular flexibility index (Phi) is 5.10. The second kappa shape index (κ2) is 7.64. The summed E-state index contributed by atoms with van der Waals surface area (Å²) in [6.07, 6.45) is 2.51. The topological polar surface area (TPSA) is 54.6 Å². The van der Waals surface area contributed by atoms with Crippen molar-refractivity contribution in [2.24, 2.45) is 0 Å². The van der Waals surface area contributed by atoms with Gasteiger partial charge in [0, 0.05) is 31.2 Å². The summed E-state index contributed by atoms with van der Waals surface area (Å²) < 4.78 is 10.9. The second-order valence-electron chi connectivity index (χ2n) is 7.06. The molecule has 1 aromatic carbocycles. The molecule has 2 saturated heterocycles. The van der Waals surface area contributed by atoms with E-state index in [1.54, 1.807) is 0 Å². The van der Waals surface area contributed by atoms with Gasteiger partial charge in [0.05, 0.1) is 19.8 Å². The molecular formula is C19H26N4O2. The SMILES string of the molecule is CC1CCCN1Cc1nc(-c2cccc(CN3CCOCC3)c2)no1. The fourth-order valence-electron chi connectivity index (χ4n) is 3.66. The summed E-state index contributed by atoms with van der Waals surface area (Å²) in [5, 5.41) is 4.20. The molecular weight excluding hydrogens is 316 g/mol. The molecule has 2 aliphatic rings. The van der Waals surface area contributed by atoms with Gasteiger partial charge in [0.1, 0.15) is 0 Å². The van der Waals surface area contributed by atoms with Gasteiger partial charge in [-0.15, -0.1) is 0 Å². The summed E-state index contributed by atoms with van der Waals surface area (Å²) in [7, 11) is 0. The Bertz CT molecular complexity index is 696. The lowest BCUT2D eigenvalue weighted by Gasteiger charge is -2.26. The predicted molar refractivity (Wildman–Crippen MR) is 94.9 cm³/mol. The third-order valence-corrected chi connectivity index (χ3v) is 5.19. The lowest BCUT2D eigenvalue weighted by atomic mass is 10.1. The first-order valence-electron chi connectivity index (χ1n) is 9.24. The molecule has 1 unspecified atom stereocenters. The Labute approximate surface area is 148 Å². The van der Waals surface area contributed by atoms with Gasteiger partial charge in [-0.2, -0.15) is 4.98 Å². The van der Waals surface area contributed by atoms with E-state index in [-0.39, 0.29) is 0 Å². The molecule has 25 heavy (non-hydrogen) atoms. The number of nitrogens with zero attached hydrogens (tertiary/aromatic N) is 4. The summed E-state index contributed by atoms with van der Waals surface area (Å²) in [6.45, 7) is 8.70. The molecule has 0 radical (unpaired) electrons. The number of hydrogen-bond acceptors (Lipinski definition) is 6. The van der Waals surface area contributed by atoms with Crippen LogP contribution in [0, 0.1) is 0 Å². The zero-order valence-electron chi connectivity index (χ0n) is 14.9. The predicted octanol–water partition coefficient (Wildman–Crippen LogP) is 2.55. The van der Waals surface area contributed by atoms with Crippen molar-refractivity contribution >= 4 is 0 Å². The van der Waals surface area contributed by atoms with Crippen molar-refractivity contribution < 1.29 is 9.26 Å². The molecule has 0 amide bonds. The van der Waals surface area contributed by atoms with E-state index in [0.717, 1.165) is 51.5 Å². The number of morpholine rings is 1. The maximum atomic E-state index is 5.49. The fraction of sp³-hybridized carbons (Fsp3) is 0.579. The highest BCUT2D eigenvalue weighted by Crippen LogP contribution is 2.22. The Morgan fingerprint density at radius 2 is 2.04 bits per heavy atom. The molecule has 2 fully saturated rings. The average molecular weight is 342 g/mol. The Balaban J connectivity index is 1.43. The minimum Gasteiger partial charge on any atom is -0.379 e. The van der Waals surface area contributed by atoms with Crippen molar-refractivity contribution in [3.8, 4) is 11.4 Å². The van der Waals surface area contributed by atoms with E-state index >= 15 is 0 Å². The molecule has 2 aliphatic heterocycles. The van der Waals surface area contributed by atoms with E-state index in [1.165, 1.54) is 18.4 Å². The maximum Gasteiger partial charge on any atom is 0.241 e. The van der Waals surface area contributed by atoms with Gasteiger partial charge in [-0.05, 0) is 37.9 Å². The Morgan fingerprint density at radius 1 is 1.16 bits per heavy atom. The molecule has 0 N–H and O–H groups in total. The van der Waals surface area contributed by atoms with Gasteiger partial charge in [0.15, 0.2) is 0 Å². The van der Waals surface area contributed by atoms with Crippen LogP contribution in [0.4, 0.5) is 0 Å². The van der Waals surface area contributed by atoms with Crippen LogP contribution in [0.1, 0.15) is 31.2 Å². The fourth-order valence-corrected chi connectivity index (χ4v) is 3.66. The molecule has 6 heteroatoms. The normalized spacial score (nSPS) is 22.5. The van der Waals surface area contributed by atoms with Crippen LogP contribution in [0.25, 0.3) is 11.4 Å². The minimum absolute atomic E-state index is 0.604. The highest BCUT2D eigenvalue weighted by molar-refractivity contribution is 5.55. The maximum absolute atomic E-state index is 5.49. The van der Waals surface area contributed by atoms with Crippen molar-refractivity contribution in [3.63, 3.8) is 0 Å². The summed E-state index contributed by atoms with van der Waals surface area (Å²) in [5.74, 6) is 1.40. The lowest BCUT2D eigenvalue weighted by molar-refractivity contribution is 0.0342. The van der Waals surface area contributed by atoms with Crippen molar-refractivity contribution in [2.75, 3.05) is 32.8 Å². The summed E-state index contributed by atoms with van der Waals surface area (Å²) in [6, 6.07) is 9.06. The first-order chi connectivity index (χ1) is 12.3. The molecule has 4 rings (SSSR count). The van der Waals surface area contributed by atoms with E-state index in [2.05, 4.69) is 51.1 Å². The molecule has 1 aromatic heterocycles. The van der Waals surface area contributed by atoms with Crippen LogP contribution >= 0.6 is 0 Å². The number of hydrogen-bond donors (Lipinski definition) is 0. The van der Waals surface area contributed by atoms with Crippen LogP contribution in [-0.2, 0) is 17.8 Å². The molecule has 1 atom stereocenters. The zero-order valence-corrected chi connectivity index (χ0v) is 14.9. The van der Waals surface area contributed by atoms with E-state index in [1.807, 2.05) is 0 Å². The van der Waals surface area contributed by atoms with E-state index in [0.29, 0.717) is 17.8 Å². The summed E-state index contributed by atoms with van der Waals surface area (Å²) in [4.78, 5) is 9.44. The van der Waals surface area contributed by atoms with Crippen LogP contribution in [0.15, 0.2) is 28.8 Å². The monoisotopic (exact) mass is 342 g/mol. The van der Waals surface area contributed by atoms with Crippen molar-refractivity contribution in [1.29, 1.82) is 0 Å². The van der Waals surface area contributed by atoms with Gasteiger partial charge in [0.2, 0.25) is 11.7 Å². The number of ether oxygens (including phenoxy) is 1. The molecule has 0 spiro atoms. The van der Waals surface area contributed by atoms with Crippen LogP contribution in [0.2, 0.25) is 0 Å². The third kappa shape index (κ3) is 4.08. The highest BCUT2D eigenvalue weighted by atomic mass is 16.5. The second-order valence-corrected chi connectivity index (χ2v) is 7.06. The quantitative estimate of drug-likeness (QED) is 0.832. The lowest BCUT2D eigenvalue weighted by Crippen LogP contribution is -2.35. The summed E-state index contributed by atoms with van der Waals surface area (Å²) in [5.41, 5.74) is 2.30. The largest absolute Gasteiger partial charge is 0.379 e. The third-order valence-electron chi connectivity index (χ3n) is 5.19. The molecule has 0 aliphatic carbocycles. The number of likely N-dealkylation sites (tertiary alicyclic amines) is 1. The smallest absolute Gasteiger partial charge is 0.241 e. The Hall–Kier alpha value is -1.76. The highest BCUT2D eigenvalue weighted by Gasteiger charge is 2.22. The molecule has 0 saturated carbocycles. The van der Waals surface area contributed by atoms with E-state index < -0.39 is 0 Å². The Morgan fingerprint density at radius 3 is 2.84 bits per heavy atom. The van der Waals surface area contributed by atoms with Gasteiger partial charge in [-0.25, -0.2) is 0 Å². The molecule has 3 heterocycles. The molecule has 0 bridgehead atoms. The number of benzene rings is 1. The van der Waals surface area contributed by atoms with Crippen molar-refractivity contribution in [1.82, 2.24) is 19.9 Å². The van der Waals surface area contributed by atoms with Gasteiger partial charge in [0.25, 0.3) is 0 Å². The molecule has 134 valence electrons. The van der Waals surface area contributed by atoms with Crippen molar-refractivity contribution in [2.45, 2.75) is 38.9 Å². The number of rotatable bonds is 5. The van der Waals surface area contributed by atoms with Crippen molar-refractivity contribution in [3.05, 3.63) is 35.7 Å². The van der Waals surface area contributed by atoms with Gasteiger partial charge in [-0.3, -0.25) is 9.80 Å². The van der Waals surface area contributed by atoms with Gasteiger partial charge >= 0.3 is 0 Å². The van der Waals surface area contributed by atoms with Crippen LogP contribution in [0.5, 0.6) is 0 Å². The van der Waals surface area contributed by atoms with Crippen LogP contribution in [0.3, 0.4) is 0 Å². The minimum atomic E-state index is 0.604. The average Bonchev–Trinajstić information content (AvgIpc) is 3.26. The molecule has 6 nitrogen and oxygen atoms in total. The van der Waals surface area contributed by atoms with Crippen LogP contribution in [-0.4, -0.2) is 58.8 Å². The van der Waals surface area contributed by atoms with Gasteiger partial charge < -0.3 is 9.26 Å². The van der Waals surface area contributed by atoms with Crippen LogP contribution < -0.4 is 0 Å².